The third-order valence-corrected chi connectivity index (χ3v) is 2.44. The number of hydrogen-bond acceptors (Lipinski definition) is 5. The average molecular weight is 234 g/mol. The number of imidazole rings is 1. The van der Waals surface area contributed by atoms with Crippen LogP contribution in [0.25, 0.3) is 11.2 Å². The van der Waals surface area contributed by atoms with Crippen molar-refractivity contribution in [3.05, 3.63) is 12.7 Å². The Kier molecular flexibility index (Phi) is 2.97. The number of aromatic nitrogens is 4. The molecule has 92 valence electrons. The van der Waals surface area contributed by atoms with Crippen LogP contribution in [0, 0.1) is 0 Å². The molecule has 0 aromatic carbocycles. The Morgan fingerprint density at radius 3 is 2.76 bits per heavy atom. The summed E-state index contributed by atoms with van der Waals surface area (Å²) in [6.07, 6.45) is 3.22. The van der Waals surface area contributed by atoms with E-state index in [4.69, 9.17) is 5.73 Å². The third kappa shape index (κ3) is 2.71. The number of nitrogens with zero attached hydrogens (tertiary/aromatic N) is 4. The van der Waals surface area contributed by atoms with Crippen LogP contribution in [0.4, 0.5) is 5.82 Å². The molecule has 0 aliphatic heterocycles. The van der Waals surface area contributed by atoms with Crippen LogP contribution < -0.4 is 11.1 Å². The average Bonchev–Trinajstić information content (AvgIpc) is 2.61. The first kappa shape index (κ1) is 11.8. The van der Waals surface area contributed by atoms with Crippen LogP contribution in [0.1, 0.15) is 20.8 Å². The van der Waals surface area contributed by atoms with E-state index in [-0.39, 0.29) is 5.54 Å². The molecule has 0 saturated heterocycles. The maximum Gasteiger partial charge on any atom is 0.165 e. The largest absolute Gasteiger partial charge is 0.382 e. The quantitative estimate of drug-likeness (QED) is 0.820. The van der Waals surface area contributed by atoms with Gasteiger partial charge in [-0.2, -0.15) is 0 Å². The van der Waals surface area contributed by atoms with Gasteiger partial charge in [0.05, 0.1) is 6.33 Å². The van der Waals surface area contributed by atoms with Gasteiger partial charge >= 0.3 is 0 Å². The first-order valence-corrected chi connectivity index (χ1v) is 5.64. The number of rotatable bonds is 3. The highest BCUT2D eigenvalue weighted by Crippen LogP contribution is 2.13. The number of nitrogens with one attached hydrogen (secondary N) is 1. The summed E-state index contributed by atoms with van der Waals surface area (Å²) in [7, 11) is 0. The Morgan fingerprint density at radius 2 is 2.06 bits per heavy atom. The van der Waals surface area contributed by atoms with Gasteiger partial charge in [0.2, 0.25) is 0 Å². The van der Waals surface area contributed by atoms with Gasteiger partial charge in [-0.3, -0.25) is 0 Å². The van der Waals surface area contributed by atoms with E-state index >= 15 is 0 Å². The van der Waals surface area contributed by atoms with Crippen molar-refractivity contribution in [2.24, 2.45) is 0 Å². The van der Waals surface area contributed by atoms with Crippen molar-refractivity contribution >= 4 is 17.0 Å². The van der Waals surface area contributed by atoms with Gasteiger partial charge < -0.3 is 15.6 Å². The Hall–Kier alpha value is -1.69. The first-order valence-electron chi connectivity index (χ1n) is 5.64. The summed E-state index contributed by atoms with van der Waals surface area (Å²) in [6.45, 7) is 8.08. The van der Waals surface area contributed by atoms with E-state index in [0.29, 0.717) is 11.3 Å². The van der Waals surface area contributed by atoms with Gasteiger partial charge in [-0.1, -0.05) is 0 Å². The van der Waals surface area contributed by atoms with Crippen molar-refractivity contribution in [3.8, 4) is 0 Å². The van der Waals surface area contributed by atoms with E-state index in [1.165, 1.54) is 6.33 Å². The fraction of sp³-hybridized carbons (Fsp3) is 0.545. The lowest BCUT2D eigenvalue weighted by Gasteiger charge is -2.20. The van der Waals surface area contributed by atoms with Crippen LogP contribution in [0.3, 0.4) is 0 Å². The van der Waals surface area contributed by atoms with Crippen LogP contribution in [0.2, 0.25) is 0 Å². The van der Waals surface area contributed by atoms with E-state index in [0.717, 1.165) is 18.7 Å². The molecule has 0 bridgehead atoms. The van der Waals surface area contributed by atoms with Crippen molar-refractivity contribution in [1.82, 2.24) is 24.8 Å². The van der Waals surface area contributed by atoms with Gasteiger partial charge in [-0.25, -0.2) is 15.0 Å². The van der Waals surface area contributed by atoms with Crippen molar-refractivity contribution in [2.75, 3.05) is 12.3 Å². The molecular formula is C11H18N6. The molecule has 6 heteroatoms. The third-order valence-electron chi connectivity index (χ3n) is 2.44. The van der Waals surface area contributed by atoms with Crippen LogP contribution in [0.5, 0.6) is 0 Å². The summed E-state index contributed by atoms with van der Waals surface area (Å²) in [4.78, 5) is 12.3. The van der Waals surface area contributed by atoms with Gasteiger partial charge in [0, 0.05) is 18.6 Å². The molecule has 0 atom stereocenters. The molecular weight excluding hydrogens is 216 g/mol. The second-order valence-electron chi connectivity index (χ2n) is 5.05. The highest BCUT2D eigenvalue weighted by Gasteiger charge is 2.10. The zero-order valence-corrected chi connectivity index (χ0v) is 10.4. The van der Waals surface area contributed by atoms with E-state index in [9.17, 15) is 0 Å². The predicted molar refractivity (Wildman–Crippen MR) is 67.5 cm³/mol. The lowest BCUT2D eigenvalue weighted by atomic mass is 10.1. The lowest BCUT2D eigenvalue weighted by molar-refractivity contribution is 0.414. The molecule has 0 aliphatic carbocycles. The standard InChI is InChI=1S/C11H18N6/c1-11(2,3)16-4-5-17-7-15-8-9(12)13-6-14-10(8)17/h6-7,16H,4-5H2,1-3H3,(H2,12,13,14). The van der Waals surface area contributed by atoms with Crippen LogP contribution in [0.15, 0.2) is 12.7 Å². The second-order valence-corrected chi connectivity index (χ2v) is 5.05. The Labute approximate surface area is 100 Å². The second kappa shape index (κ2) is 4.29. The molecule has 0 amide bonds. The van der Waals surface area contributed by atoms with Crippen molar-refractivity contribution in [2.45, 2.75) is 32.9 Å². The molecule has 3 N–H and O–H groups in total. The van der Waals surface area contributed by atoms with Crippen molar-refractivity contribution in [1.29, 1.82) is 0 Å². The van der Waals surface area contributed by atoms with Gasteiger partial charge in [0.15, 0.2) is 11.5 Å². The molecule has 0 saturated carbocycles. The number of nitrogens with two attached hydrogens (primary N) is 1. The van der Waals surface area contributed by atoms with E-state index < -0.39 is 0 Å². The van der Waals surface area contributed by atoms with E-state index in [1.807, 2.05) is 4.57 Å². The van der Waals surface area contributed by atoms with Gasteiger partial charge in [-0.15, -0.1) is 0 Å². The smallest absolute Gasteiger partial charge is 0.165 e. The minimum Gasteiger partial charge on any atom is -0.382 e. The minimum absolute atomic E-state index is 0.115. The SMILES string of the molecule is CC(C)(C)NCCn1cnc2c(N)ncnc21. The van der Waals surface area contributed by atoms with Gasteiger partial charge in [0.1, 0.15) is 11.8 Å². The summed E-state index contributed by atoms with van der Waals surface area (Å²) in [5.74, 6) is 0.428. The molecule has 2 heterocycles. The zero-order valence-electron chi connectivity index (χ0n) is 10.4. The van der Waals surface area contributed by atoms with Crippen LogP contribution >= 0.6 is 0 Å². The maximum atomic E-state index is 5.72. The molecule has 0 radical (unpaired) electrons. The monoisotopic (exact) mass is 234 g/mol. The number of fused-ring (bicyclic) bond motifs is 1. The number of hydrogen-bond donors (Lipinski definition) is 2. The molecule has 6 nitrogen and oxygen atoms in total. The molecule has 0 spiro atoms. The summed E-state index contributed by atoms with van der Waals surface area (Å²) in [6, 6.07) is 0. The molecule has 0 unspecified atom stereocenters. The molecule has 17 heavy (non-hydrogen) atoms. The molecule has 2 aromatic rings. The lowest BCUT2D eigenvalue weighted by Crippen LogP contribution is -2.37. The van der Waals surface area contributed by atoms with Crippen LogP contribution in [-0.2, 0) is 6.54 Å². The Morgan fingerprint density at radius 1 is 1.29 bits per heavy atom. The Balaban J connectivity index is 2.12. The highest BCUT2D eigenvalue weighted by molar-refractivity contribution is 5.80. The number of anilines is 1. The molecule has 2 aromatic heterocycles. The van der Waals surface area contributed by atoms with Gasteiger partial charge in [0.25, 0.3) is 0 Å². The fourth-order valence-corrected chi connectivity index (χ4v) is 1.61. The van der Waals surface area contributed by atoms with E-state index in [2.05, 4.69) is 41.0 Å². The first-order chi connectivity index (χ1) is 7.97. The predicted octanol–water partition coefficient (Wildman–Crippen LogP) is 0.797. The fourth-order valence-electron chi connectivity index (χ4n) is 1.61. The highest BCUT2D eigenvalue weighted by atomic mass is 15.1. The number of nitrogen functional groups attached to an aromatic ring is 1. The topological polar surface area (TPSA) is 81.7 Å². The summed E-state index contributed by atoms with van der Waals surface area (Å²) >= 11 is 0. The Bertz CT molecular complexity index is 510. The van der Waals surface area contributed by atoms with Crippen molar-refractivity contribution < 1.29 is 0 Å². The summed E-state index contributed by atoms with van der Waals surface area (Å²) < 4.78 is 1.98. The summed E-state index contributed by atoms with van der Waals surface area (Å²) in [5, 5.41) is 3.42. The molecule has 0 fully saturated rings. The molecule has 2 rings (SSSR count). The van der Waals surface area contributed by atoms with Gasteiger partial charge in [-0.05, 0) is 20.8 Å². The van der Waals surface area contributed by atoms with Crippen molar-refractivity contribution in [3.63, 3.8) is 0 Å². The minimum atomic E-state index is 0.115. The maximum absolute atomic E-state index is 5.72. The van der Waals surface area contributed by atoms with Crippen LogP contribution in [-0.4, -0.2) is 31.6 Å². The normalized spacial score (nSPS) is 12.2. The molecule has 0 aliphatic rings. The summed E-state index contributed by atoms with van der Waals surface area (Å²) in [5.41, 5.74) is 7.30. The van der Waals surface area contributed by atoms with E-state index in [1.54, 1.807) is 6.33 Å². The zero-order chi connectivity index (χ0) is 12.5.